The van der Waals surface area contributed by atoms with Crippen molar-refractivity contribution in [2.75, 3.05) is 19.8 Å². The summed E-state index contributed by atoms with van der Waals surface area (Å²) < 4.78 is 5.64. The van der Waals surface area contributed by atoms with Gasteiger partial charge in [0.25, 0.3) is 0 Å². The Morgan fingerprint density at radius 3 is 2.83 bits per heavy atom. The molecule has 1 rings (SSSR count). The molecule has 0 aromatic carbocycles. The normalized spacial score (nSPS) is 27.8. The summed E-state index contributed by atoms with van der Waals surface area (Å²) in [6, 6.07) is 0. The van der Waals surface area contributed by atoms with Crippen LogP contribution < -0.4 is 5.32 Å². The summed E-state index contributed by atoms with van der Waals surface area (Å²) in [4.78, 5) is 0. The molecule has 1 aliphatic heterocycles. The van der Waals surface area contributed by atoms with Crippen LogP contribution in [0.4, 0.5) is 0 Å². The van der Waals surface area contributed by atoms with Crippen LogP contribution in [-0.4, -0.2) is 36.5 Å². The van der Waals surface area contributed by atoms with Gasteiger partial charge in [-0.3, -0.25) is 0 Å². The highest BCUT2D eigenvalue weighted by molar-refractivity contribution is 4.93. The molecule has 1 aliphatic rings. The highest BCUT2D eigenvalue weighted by Crippen LogP contribution is 2.21. The molecule has 0 saturated carbocycles. The molecule has 1 saturated heterocycles. The Morgan fingerprint density at radius 2 is 2.33 bits per heavy atom. The van der Waals surface area contributed by atoms with Crippen LogP contribution in [0.15, 0.2) is 0 Å². The van der Waals surface area contributed by atoms with Crippen molar-refractivity contribution < 1.29 is 9.84 Å². The molecule has 12 heavy (non-hydrogen) atoms. The van der Waals surface area contributed by atoms with Gasteiger partial charge in [-0.15, -0.1) is 0 Å². The molecular weight excluding hydrogens is 154 g/mol. The quantitative estimate of drug-likeness (QED) is 0.609. The highest BCUT2D eigenvalue weighted by Gasteiger charge is 2.34. The van der Waals surface area contributed by atoms with Gasteiger partial charge in [0.15, 0.2) is 0 Å². The molecule has 0 aromatic heterocycles. The minimum Gasteiger partial charge on any atom is -0.396 e. The van der Waals surface area contributed by atoms with E-state index < -0.39 is 0 Å². The lowest BCUT2D eigenvalue weighted by molar-refractivity contribution is 0.0139. The number of hydrogen-bond acceptors (Lipinski definition) is 3. The Bertz CT molecular complexity index is 136. The van der Waals surface area contributed by atoms with Crippen LogP contribution in [0.5, 0.6) is 0 Å². The SMILES string of the molecule is CC1(C)NCCC1OCCCO. The van der Waals surface area contributed by atoms with Crippen LogP contribution in [0, 0.1) is 0 Å². The third kappa shape index (κ3) is 2.44. The minimum atomic E-state index is 0.107. The van der Waals surface area contributed by atoms with E-state index in [1.165, 1.54) is 0 Å². The van der Waals surface area contributed by atoms with Crippen LogP contribution in [0.1, 0.15) is 26.7 Å². The molecule has 1 fully saturated rings. The molecule has 1 unspecified atom stereocenters. The first-order valence-electron chi connectivity index (χ1n) is 4.64. The van der Waals surface area contributed by atoms with E-state index in [2.05, 4.69) is 19.2 Å². The summed E-state index contributed by atoms with van der Waals surface area (Å²) in [7, 11) is 0. The average Bonchev–Trinajstić information content (AvgIpc) is 2.32. The number of ether oxygens (including phenoxy) is 1. The fourth-order valence-corrected chi connectivity index (χ4v) is 1.58. The Balaban J connectivity index is 2.22. The summed E-state index contributed by atoms with van der Waals surface area (Å²) in [6.07, 6.45) is 2.13. The number of nitrogens with one attached hydrogen (secondary N) is 1. The first-order chi connectivity index (χ1) is 5.67. The zero-order valence-electron chi connectivity index (χ0n) is 7.97. The molecule has 3 nitrogen and oxygen atoms in total. The first kappa shape index (κ1) is 9.96. The Hall–Kier alpha value is -0.120. The summed E-state index contributed by atoms with van der Waals surface area (Å²) >= 11 is 0. The van der Waals surface area contributed by atoms with Crippen molar-refractivity contribution in [3.63, 3.8) is 0 Å². The van der Waals surface area contributed by atoms with Gasteiger partial charge in [-0.2, -0.15) is 0 Å². The van der Waals surface area contributed by atoms with Gasteiger partial charge in [0.05, 0.1) is 6.10 Å². The van der Waals surface area contributed by atoms with E-state index in [-0.39, 0.29) is 12.1 Å². The Labute approximate surface area is 74.1 Å². The predicted octanol–water partition coefficient (Wildman–Crippen LogP) is 0.526. The van der Waals surface area contributed by atoms with Gasteiger partial charge in [-0.05, 0) is 33.2 Å². The van der Waals surface area contributed by atoms with Crippen LogP contribution in [0.2, 0.25) is 0 Å². The van der Waals surface area contributed by atoms with Crippen molar-refractivity contribution in [2.45, 2.75) is 38.3 Å². The zero-order chi connectivity index (χ0) is 9.03. The minimum absolute atomic E-state index is 0.107. The molecule has 1 atom stereocenters. The second-order valence-corrected chi connectivity index (χ2v) is 3.87. The third-order valence-corrected chi connectivity index (χ3v) is 2.41. The van der Waals surface area contributed by atoms with Gasteiger partial charge >= 0.3 is 0 Å². The van der Waals surface area contributed by atoms with Crippen LogP contribution in [0.3, 0.4) is 0 Å². The molecule has 3 heteroatoms. The van der Waals surface area contributed by atoms with E-state index in [1.807, 2.05) is 0 Å². The molecule has 0 amide bonds. The average molecular weight is 173 g/mol. The van der Waals surface area contributed by atoms with Crippen LogP contribution in [0.25, 0.3) is 0 Å². The van der Waals surface area contributed by atoms with E-state index in [0.29, 0.717) is 12.7 Å². The number of rotatable bonds is 4. The smallest absolute Gasteiger partial charge is 0.0763 e. The van der Waals surface area contributed by atoms with Crippen molar-refractivity contribution >= 4 is 0 Å². The molecule has 0 aliphatic carbocycles. The molecule has 1 heterocycles. The lowest BCUT2D eigenvalue weighted by atomic mass is 10.00. The van der Waals surface area contributed by atoms with Gasteiger partial charge in [0.1, 0.15) is 0 Å². The molecule has 72 valence electrons. The maximum Gasteiger partial charge on any atom is 0.0763 e. The summed E-state index contributed by atoms with van der Waals surface area (Å²) in [5, 5.41) is 12.0. The maximum atomic E-state index is 8.57. The topological polar surface area (TPSA) is 41.5 Å². The van der Waals surface area contributed by atoms with Crippen molar-refractivity contribution in [2.24, 2.45) is 0 Å². The maximum absolute atomic E-state index is 8.57. The predicted molar refractivity (Wildman–Crippen MR) is 48.1 cm³/mol. The fourth-order valence-electron chi connectivity index (χ4n) is 1.58. The van der Waals surface area contributed by atoms with Crippen molar-refractivity contribution in [3.8, 4) is 0 Å². The number of aliphatic hydroxyl groups excluding tert-OH is 1. The molecule has 0 aromatic rings. The van der Waals surface area contributed by atoms with Gasteiger partial charge in [-0.25, -0.2) is 0 Å². The first-order valence-corrected chi connectivity index (χ1v) is 4.64. The molecule has 0 bridgehead atoms. The fraction of sp³-hybridized carbons (Fsp3) is 1.00. The van der Waals surface area contributed by atoms with Gasteiger partial charge in [0, 0.05) is 18.8 Å². The van der Waals surface area contributed by atoms with Crippen molar-refractivity contribution in [3.05, 3.63) is 0 Å². The second-order valence-electron chi connectivity index (χ2n) is 3.87. The van der Waals surface area contributed by atoms with Gasteiger partial charge < -0.3 is 15.2 Å². The summed E-state index contributed by atoms with van der Waals surface area (Å²) in [5.74, 6) is 0. The zero-order valence-corrected chi connectivity index (χ0v) is 7.97. The summed E-state index contributed by atoms with van der Waals surface area (Å²) in [6.45, 7) is 6.25. The van der Waals surface area contributed by atoms with E-state index in [0.717, 1.165) is 19.4 Å². The largest absolute Gasteiger partial charge is 0.396 e. The van der Waals surface area contributed by atoms with E-state index in [1.54, 1.807) is 0 Å². The number of hydrogen-bond donors (Lipinski definition) is 2. The molecule has 0 spiro atoms. The number of aliphatic hydroxyl groups is 1. The van der Waals surface area contributed by atoms with Gasteiger partial charge in [-0.1, -0.05) is 0 Å². The standard InChI is InChI=1S/C9H19NO2/c1-9(2)8(4-5-10-9)12-7-3-6-11/h8,10-11H,3-7H2,1-2H3. The molecule has 2 N–H and O–H groups in total. The van der Waals surface area contributed by atoms with Crippen molar-refractivity contribution in [1.29, 1.82) is 0 Å². The van der Waals surface area contributed by atoms with E-state index in [9.17, 15) is 0 Å². The van der Waals surface area contributed by atoms with Gasteiger partial charge in [0.2, 0.25) is 0 Å². The Morgan fingerprint density at radius 1 is 1.58 bits per heavy atom. The Kier molecular flexibility index (Phi) is 3.50. The lowest BCUT2D eigenvalue weighted by Crippen LogP contribution is -2.42. The van der Waals surface area contributed by atoms with E-state index >= 15 is 0 Å². The molecular formula is C9H19NO2. The molecule has 0 radical (unpaired) electrons. The highest BCUT2D eigenvalue weighted by atomic mass is 16.5. The lowest BCUT2D eigenvalue weighted by Gasteiger charge is -2.26. The van der Waals surface area contributed by atoms with Crippen LogP contribution >= 0.6 is 0 Å². The summed E-state index contributed by atoms with van der Waals surface area (Å²) in [5.41, 5.74) is 0.107. The van der Waals surface area contributed by atoms with Crippen LogP contribution in [-0.2, 0) is 4.74 Å². The van der Waals surface area contributed by atoms with Crippen molar-refractivity contribution in [1.82, 2.24) is 5.32 Å². The van der Waals surface area contributed by atoms with E-state index in [4.69, 9.17) is 9.84 Å². The second kappa shape index (κ2) is 4.21. The third-order valence-electron chi connectivity index (χ3n) is 2.41. The monoisotopic (exact) mass is 173 g/mol.